The third kappa shape index (κ3) is 4.58. The molecule has 0 aliphatic heterocycles. The molecule has 0 saturated heterocycles. The minimum atomic E-state index is -0.420. The zero-order valence-corrected chi connectivity index (χ0v) is 15.0. The van der Waals surface area contributed by atoms with Gasteiger partial charge in [0.2, 0.25) is 5.95 Å². The summed E-state index contributed by atoms with van der Waals surface area (Å²) in [5.74, 6) is -0.102. The first-order chi connectivity index (χ1) is 13.1. The Hall–Kier alpha value is -3.48. The number of aryl methyl sites for hydroxylation is 1. The third-order valence-corrected chi connectivity index (χ3v) is 3.66. The molecule has 0 aliphatic rings. The molecule has 0 amide bonds. The first-order valence-electron chi connectivity index (χ1n) is 8.47. The van der Waals surface area contributed by atoms with Crippen molar-refractivity contribution < 1.29 is 13.9 Å². The van der Waals surface area contributed by atoms with Crippen molar-refractivity contribution in [2.24, 2.45) is 0 Å². The number of carbonyl (C=O) groups excluding carboxylic acids is 1. The van der Waals surface area contributed by atoms with Crippen molar-refractivity contribution in [2.75, 3.05) is 17.2 Å². The van der Waals surface area contributed by atoms with Gasteiger partial charge in [-0.2, -0.15) is 4.98 Å². The van der Waals surface area contributed by atoms with E-state index in [1.165, 1.54) is 6.07 Å². The molecule has 0 unspecified atom stereocenters. The maximum Gasteiger partial charge on any atom is 0.340 e. The van der Waals surface area contributed by atoms with E-state index in [4.69, 9.17) is 4.74 Å². The fraction of sp³-hybridized carbons (Fsp3) is 0.150. The van der Waals surface area contributed by atoms with Gasteiger partial charge < -0.3 is 15.4 Å². The Morgan fingerprint density at radius 1 is 1.04 bits per heavy atom. The van der Waals surface area contributed by atoms with Crippen LogP contribution >= 0.6 is 0 Å². The molecule has 0 fully saturated rings. The van der Waals surface area contributed by atoms with Crippen LogP contribution in [0.15, 0.2) is 54.6 Å². The summed E-state index contributed by atoms with van der Waals surface area (Å²) >= 11 is 0. The average molecular weight is 366 g/mol. The largest absolute Gasteiger partial charge is 0.462 e. The fourth-order valence-corrected chi connectivity index (χ4v) is 2.49. The molecule has 7 heteroatoms. The van der Waals surface area contributed by atoms with Crippen LogP contribution in [0.3, 0.4) is 0 Å². The summed E-state index contributed by atoms with van der Waals surface area (Å²) in [5, 5.41) is 5.98. The molecule has 3 rings (SSSR count). The van der Waals surface area contributed by atoms with Crippen LogP contribution < -0.4 is 10.6 Å². The van der Waals surface area contributed by atoms with Crippen molar-refractivity contribution in [1.29, 1.82) is 0 Å². The van der Waals surface area contributed by atoms with Crippen molar-refractivity contribution in [3.63, 3.8) is 0 Å². The molecule has 3 aromatic rings. The second-order valence-corrected chi connectivity index (χ2v) is 5.71. The SMILES string of the molecule is CCOC(=O)c1ccccc1Nc1cc(C)nc(Nc2ccccc2F)n1. The third-order valence-electron chi connectivity index (χ3n) is 3.66. The van der Waals surface area contributed by atoms with E-state index >= 15 is 0 Å². The van der Waals surface area contributed by atoms with E-state index in [-0.39, 0.29) is 18.2 Å². The Labute approximate surface area is 156 Å². The van der Waals surface area contributed by atoms with E-state index < -0.39 is 11.8 Å². The van der Waals surface area contributed by atoms with E-state index in [1.54, 1.807) is 62.4 Å². The molecule has 0 saturated carbocycles. The molecule has 2 aromatic carbocycles. The number of hydrogen-bond donors (Lipinski definition) is 2. The lowest BCUT2D eigenvalue weighted by Crippen LogP contribution is -2.09. The van der Waals surface area contributed by atoms with Gasteiger partial charge in [0.1, 0.15) is 11.6 Å². The van der Waals surface area contributed by atoms with E-state index in [2.05, 4.69) is 20.6 Å². The van der Waals surface area contributed by atoms with Gasteiger partial charge in [0.25, 0.3) is 0 Å². The number of esters is 1. The van der Waals surface area contributed by atoms with Crippen LogP contribution in [0.1, 0.15) is 23.0 Å². The highest BCUT2D eigenvalue weighted by molar-refractivity contribution is 5.96. The molecular weight excluding hydrogens is 347 g/mol. The number of carbonyl (C=O) groups is 1. The highest BCUT2D eigenvalue weighted by Crippen LogP contribution is 2.23. The number of ether oxygens (including phenoxy) is 1. The maximum absolute atomic E-state index is 13.9. The van der Waals surface area contributed by atoms with E-state index in [0.717, 1.165) is 0 Å². The smallest absolute Gasteiger partial charge is 0.340 e. The van der Waals surface area contributed by atoms with Gasteiger partial charge in [0, 0.05) is 11.8 Å². The number of halogens is 1. The number of hydrogen-bond acceptors (Lipinski definition) is 6. The first-order valence-corrected chi connectivity index (χ1v) is 8.47. The Balaban J connectivity index is 1.88. The Morgan fingerprint density at radius 2 is 1.74 bits per heavy atom. The van der Waals surface area contributed by atoms with Gasteiger partial charge in [0.15, 0.2) is 0 Å². The predicted octanol–water partition coefficient (Wildman–Crippen LogP) is 4.59. The number of anilines is 4. The van der Waals surface area contributed by atoms with Crippen molar-refractivity contribution in [3.8, 4) is 0 Å². The molecule has 6 nitrogen and oxygen atoms in total. The lowest BCUT2D eigenvalue weighted by atomic mass is 10.2. The van der Waals surface area contributed by atoms with Gasteiger partial charge in [-0.25, -0.2) is 14.2 Å². The zero-order valence-electron chi connectivity index (χ0n) is 15.0. The lowest BCUT2D eigenvalue weighted by Gasteiger charge is -2.13. The van der Waals surface area contributed by atoms with Gasteiger partial charge in [-0.05, 0) is 38.1 Å². The predicted molar refractivity (Wildman–Crippen MR) is 102 cm³/mol. The maximum atomic E-state index is 13.9. The molecule has 0 atom stereocenters. The topological polar surface area (TPSA) is 76.1 Å². The standard InChI is InChI=1S/C20H19FN4O2/c1-3-27-19(26)14-8-4-6-10-16(14)23-18-12-13(2)22-20(25-18)24-17-11-7-5-9-15(17)21/h4-12H,3H2,1-2H3,(H2,22,23,24,25). The number of benzene rings is 2. The Morgan fingerprint density at radius 3 is 2.48 bits per heavy atom. The van der Waals surface area contributed by atoms with Crippen molar-refractivity contribution in [2.45, 2.75) is 13.8 Å². The molecule has 1 aromatic heterocycles. The molecule has 0 radical (unpaired) electrons. The van der Waals surface area contributed by atoms with Crippen molar-refractivity contribution >= 4 is 29.1 Å². The second-order valence-electron chi connectivity index (χ2n) is 5.71. The summed E-state index contributed by atoms with van der Waals surface area (Å²) < 4.78 is 18.9. The minimum absolute atomic E-state index is 0.246. The summed E-state index contributed by atoms with van der Waals surface area (Å²) in [6, 6.07) is 15.0. The van der Waals surface area contributed by atoms with Crippen LogP contribution in [-0.2, 0) is 4.74 Å². The van der Waals surface area contributed by atoms with Gasteiger partial charge >= 0.3 is 5.97 Å². The van der Waals surface area contributed by atoms with E-state index in [9.17, 15) is 9.18 Å². The molecule has 0 bridgehead atoms. The van der Waals surface area contributed by atoms with Crippen molar-refractivity contribution in [1.82, 2.24) is 9.97 Å². The molecule has 0 aliphatic carbocycles. The summed E-state index contributed by atoms with van der Waals surface area (Å²) in [5.41, 5.74) is 1.92. The van der Waals surface area contributed by atoms with Crippen LogP contribution in [0.5, 0.6) is 0 Å². The average Bonchev–Trinajstić information content (AvgIpc) is 2.64. The van der Waals surface area contributed by atoms with Crippen LogP contribution in [0.25, 0.3) is 0 Å². The summed E-state index contributed by atoms with van der Waals surface area (Å²) in [6.07, 6.45) is 0. The normalized spacial score (nSPS) is 10.3. The summed E-state index contributed by atoms with van der Waals surface area (Å²) in [4.78, 5) is 20.8. The molecule has 0 spiro atoms. The molecular formula is C20H19FN4O2. The van der Waals surface area contributed by atoms with Crippen LogP contribution in [-0.4, -0.2) is 22.5 Å². The van der Waals surface area contributed by atoms with Gasteiger partial charge in [-0.15, -0.1) is 0 Å². The van der Waals surface area contributed by atoms with Crippen LogP contribution in [0.2, 0.25) is 0 Å². The van der Waals surface area contributed by atoms with Crippen LogP contribution in [0, 0.1) is 12.7 Å². The number of aromatic nitrogens is 2. The fourth-order valence-electron chi connectivity index (χ4n) is 2.49. The highest BCUT2D eigenvalue weighted by Gasteiger charge is 2.13. The molecule has 1 heterocycles. The second kappa shape index (κ2) is 8.27. The molecule has 2 N–H and O–H groups in total. The number of rotatable bonds is 6. The Bertz CT molecular complexity index is 962. The van der Waals surface area contributed by atoms with E-state index in [1.807, 2.05) is 0 Å². The lowest BCUT2D eigenvalue weighted by molar-refractivity contribution is 0.0527. The molecule has 138 valence electrons. The van der Waals surface area contributed by atoms with Crippen LogP contribution in [0.4, 0.5) is 27.5 Å². The van der Waals surface area contributed by atoms with Gasteiger partial charge in [-0.1, -0.05) is 24.3 Å². The highest BCUT2D eigenvalue weighted by atomic mass is 19.1. The zero-order chi connectivity index (χ0) is 19.2. The number of nitrogens with zero attached hydrogens (tertiary/aromatic N) is 2. The van der Waals surface area contributed by atoms with E-state index in [0.29, 0.717) is 22.8 Å². The summed E-state index contributed by atoms with van der Waals surface area (Å²) in [6.45, 7) is 3.84. The molecule has 27 heavy (non-hydrogen) atoms. The quantitative estimate of drug-likeness (QED) is 0.622. The van der Waals surface area contributed by atoms with Crippen molar-refractivity contribution in [3.05, 3.63) is 71.7 Å². The minimum Gasteiger partial charge on any atom is -0.462 e. The van der Waals surface area contributed by atoms with Gasteiger partial charge in [-0.3, -0.25) is 0 Å². The number of para-hydroxylation sites is 2. The monoisotopic (exact) mass is 366 g/mol. The Kier molecular flexibility index (Phi) is 5.61. The van der Waals surface area contributed by atoms with Gasteiger partial charge in [0.05, 0.1) is 23.5 Å². The number of nitrogens with one attached hydrogen (secondary N) is 2. The summed E-state index contributed by atoms with van der Waals surface area (Å²) in [7, 11) is 0. The first kappa shape index (κ1) is 18.3.